The van der Waals surface area contributed by atoms with Crippen molar-refractivity contribution in [1.29, 1.82) is 0 Å². The zero-order valence-corrected chi connectivity index (χ0v) is 9.39. The van der Waals surface area contributed by atoms with E-state index in [1.54, 1.807) is 29.2 Å². The van der Waals surface area contributed by atoms with Crippen LogP contribution in [-0.2, 0) is 0 Å². The highest BCUT2D eigenvalue weighted by Crippen LogP contribution is 2.09. The van der Waals surface area contributed by atoms with Gasteiger partial charge in [0.05, 0.1) is 23.4 Å². The zero-order valence-electron chi connectivity index (χ0n) is 7.80. The first kappa shape index (κ1) is 10.0. The first-order valence-corrected chi connectivity index (χ1v) is 5.49. The van der Waals surface area contributed by atoms with Crippen molar-refractivity contribution in [2.24, 2.45) is 0 Å². The summed E-state index contributed by atoms with van der Waals surface area (Å²) in [6.45, 7) is 0. The molecule has 2 rings (SSSR count). The number of nitrogens with zero attached hydrogens (tertiary/aromatic N) is 3. The first-order valence-electron chi connectivity index (χ1n) is 4.37. The Bertz CT molecular complexity index is 450. The molecule has 0 fully saturated rings. The maximum Gasteiger partial charge on any atom is 0.173 e. The minimum atomic E-state index is 0.0696. The molecule has 0 saturated heterocycles. The molecule has 0 atom stereocenters. The van der Waals surface area contributed by atoms with Crippen LogP contribution in [0.15, 0.2) is 36.7 Å². The van der Waals surface area contributed by atoms with Gasteiger partial charge >= 0.3 is 0 Å². The predicted molar refractivity (Wildman–Crippen MR) is 59.5 cm³/mol. The number of carbonyl (C=O) groups excluding carboxylic acids is 1. The summed E-state index contributed by atoms with van der Waals surface area (Å²) >= 11 is 3.13. The van der Waals surface area contributed by atoms with E-state index in [-0.39, 0.29) is 5.78 Å². The summed E-state index contributed by atoms with van der Waals surface area (Å²) in [7, 11) is 0. The monoisotopic (exact) mass is 265 g/mol. The SMILES string of the molecule is O=C(CBr)c1ccc(-n2ccnn2)cc1. The third-order valence-corrected chi connectivity index (χ3v) is 2.51. The summed E-state index contributed by atoms with van der Waals surface area (Å²) < 4.78 is 1.64. The molecular weight excluding hydrogens is 258 g/mol. The number of hydrogen-bond donors (Lipinski definition) is 0. The van der Waals surface area contributed by atoms with Crippen molar-refractivity contribution in [3.05, 3.63) is 42.2 Å². The number of Topliss-reactive ketones (excluding diaryl/α,β-unsaturated/α-hetero) is 1. The van der Waals surface area contributed by atoms with Gasteiger partial charge in [-0.2, -0.15) is 0 Å². The molecule has 0 radical (unpaired) electrons. The summed E-state index contributed by atoms with van der Waals surface area (Å²) in [5.41, 5.74) is 1.58. The van der Waals surface area contributed by atoms with Crippen LogP contribution in [0.25, 0.3) is 5.69 Å². The van der Waals surface area contributed by atoms with Gasteiger partial charge in [-0.1, -0.05) is 21.1 Å². The number of benzene rings is 1. The third kappa shape index (κ3) is 2.12. The number of alkyl halides is 1. The lowest BCUT2D eigenvalue weighted by Crippen LogP contribution is -2.01. The van der Waals surface area contributed by atoms with Gasteiger partial charge in [-0.05, 0) is 24.3 Å². The molecule has 5 heteroatoms. The van der Waals surface area contributed by atoms with Crippen molar-refractivity contribution in [2.45, 2.75) is 0 Å². The molecule has 0 aliphatic heterocycles. The van der Waals surface area contributed by atoms with E-state index < -0.39 is 0 Å². The minimum absolute atomic E-state index is 0.0696. The molecule has 15 heavy (non-hydrogen) atoms. The van der Waals surface area contributed by atoms with E-state index in [9.17, 15) is 4.79 Å². The highest BCUT2D eigenvalue weighted by molar-refractivity contribution is 9.09. The van der Waals surface area contributed by atoms with Crippen molar-refractivity contribution in [3.63, 3.8) is 0 Å². The van der Waals surface area contributed by atoms with E-state index in [1.165, 1.54) is 0 Å². The Labute approximate surface area is 95.0 Å². The van der Waals surface area contributed by atoms with Crippen molar-refractivity contribution in [1.82, 2.24) is 15.0 Å². The fourth-order valence-electron chi connectivity index (χ4n) is 1.22. The fourth-order valence-corrected chi connectivity index (χ4v) is 1.55. The van der Waals surface area contributed by atoms with Gasteiger partial charge in [0.1, 0.15) is 0 Å². The molecule has 0 bridgehead atoms. The van der Waals surface area contributed by atoms with Crippen LogP contribution in [0, 0.1) is 0 Å². The van der Waals surface area contributed by atoms with Crippen LogP contribution in [0.5, 0.6) is 0 Å². The third-order valence-electron chi connectivity index (χ3n) is 2.00. The number of halogens is 1. The number of carbonyl (C=O) groups is 1. The maximum absolute atomic E-state index is 11.3. The second-order valence-electron chi connectivity index (χ2n) is 2.95. The van der Waals surface area contributed by atoms with E-state index in [2.05, 4.69) is 26.2 Å². The van der Waals surface area contributed by atoms with E-state index in [0.29, 0.717) is 10.9 Å². The molecule has 0 saturated carbocycles. The van der Waals surface area contributed by atoms with Crippen LogP contribution in [-0.4, -0.2) is 26.1 Å². The van der Waals surface area contributed by atoms with E-state index in [4.69, 9.17) is 0 Å². The van der Waals surface area contributed by atoms with Crippen LogP contribution in [0.1, 0.15) is 10.4 Å². The van der Waals surface area contributed by atoms with Crippen molar-refractivity contribution < 1.29 is 4.79 Å². The molecule has 4 nitrogen and oxygen atoms in total. The molecular formula is C10H8BrN3O. The van der Waals surface area contributed by atoms with Crippen LogP contribution >= 0.6 is 15.9 Å². The normalized spacial score (nSPS) is 10.2. The lowest BCUT2D eigenvalue weighted by molar-refractivity contribution is 0.102. The summed E-state index contributed by atoms with van der Waals surface area (Å²) in [6, 6.07) is 7.23. The largest absolute Gasteiger partial charge is 0.293 e. The van der Waals surface area contributed by atoms with Gasteiger partial charge in [-0.15, -0.1) is 5.10 Å². The Morgan fingerprint density at radius 1 is 1.33 bits per heavy atom. The van der Waals surface area contributed by atoms with Crippen LogP contribution < -0.4 is 0 Å². The Morgan fingerprint density at radius 3 is 2.60 bits per heavy atom. The highest BCUT2D eigenvalue weighted by Gasteiger charge is 2.03. The molecule has 0 unspecified atom stereocenters. The van der Waals surface area contributed by atoms with Crippen LogP contribution in [0.2, 0.25) is 0 Å². The molecule has 1 aromatic carbocycles. The minimum Gasteiger partial charge on any atom is -0.293 e. The van der Waals surface area contributed by atoms with Crippen molar-refractivity contribution >= 4 is 21.7 Å². The second-order valence-corrected chi connectivity index (χ2v) is 3.51. The van der Waals surface area contributed by atoms with Crippen molar-refractivity contribution in [3.8, 4) is 5.69 Å². The Hall–Kier alpha value is -1.49. The highest BCUT2D eigenvalue weighted by atomic mass is 79.9. The van der Waals surface area contributed by atoms with Crippen LogP contribution in [0.4, 0.5) is 0 Å². The maximum atomic E-state index is 11.3. The fraction of sp³-hybridized carbons (Fsp3) is 0.100. The summed E-state index contributed by atoms with van der Waals surface area (Å²) in [5.74, 6) is 0.0696. The lowest BCUT2D eigenvalue weighted by atomic mass is 10.1. The van der Waals surface area contributed by atoms with E-state index in [0.717, 1.165) is 5.69 Å². The number of hydrogen-bond acceptors (Lipinski definition) is 3. The average molecular weight is 266 g/mol. The molecule has 0 aliphatic carbocycles. The van der Waals surface area contributed by atoms with Gasteiger partial charge in [0.25, 0.3) is 0 Å². The van der Waals surface area contributed by atoms with Gasteiger partial charge in [-0.25, -0.2) is 4.68 Å². The van der Waals surface area contributed by atoms with Gasteiger partial charge in [0, 0.05) is 5.56 Å². The molecule has 0 N–H and O–H groups in total. The van der Waals surface area contributed by atoms with Gasteiger partial charge in [0.15, 0.2) is 5.78 Å². The van der Waals surface area contributed by atoms with Gasteiger partial charge in [0.2, 0.25) is 0 Å². The molecule has 0 spiro atoms. The molecule has 1 aromatic heterocycles. The van der Waals surface area contributed by atoms with Gasteiger partial charge < -0.3 is 0 Å². The van der Waals surface area contributed by atoms with E-state index >= 15 is 0 Å². The van der Waals surface area contributed by atoms with E-state index in [1.807, 2.05) is 12.1 Å². The molecule has 2 aromatic rings. The molecule has 1 heterocycles. The smallest absolute Gasteiger partial charge is 0.173 e. The summed E-state index contributed by atoms with van der Waals surface area (Å²) in [6.07, 6.45) is 3.36. The zero-order chi connectivity index (χ0) is 10.7. The lowest BCUT2D eigenvalue weighted by Gasteiger charge is -2.01. The topological polar surface area (TPSA) is 47.8 Å². The first-order chi connectivity index (χ1) is 7.31. The summed E-state index contributed by atoms with van der Waals surface area (Å²) in [4.78, 5) is 11.3. The predicted octanol–water partition coefficient (Wildman–Crippen LogP) is 1.84. The summed E-state index contributed by atoms with van der Waals surface area (Å²) in [5, 5.41) is 7.91. The quantitative estimate of drug-likeness (QED) is 0.629. The second kappa shape index (κ2) is 4.35. The Balaban J connectivity index is 2.29. The number of rotatable bonds is 3. The number of aromatic nitrogens is 3. The standard InChI is InChI=1S/C10H8BrN3O/c11-7-10(15)8-1-3-9(4-2-8)14-6-5-12-13-14/h1-6H,7H2. The Morgan fingerprint density at radius 2 is 2.07 bits per heavy atom. The van der Waals surface area contributed by atoms with Gasteiger partial charge in [-0.3, -0.25) is 4.79 Å². The number of ketones is 1. The Kier molecular flexibility index (Phi) is 2.91. The van der Waals surface area contributed by atoms with Crippen molar-refractivity contribution in [2.75, 3.05) is 5.33 Å². The molecule has 0 amide bonds. The average Bonchev–Trinajstić information content (AvgIpc) is 2.82. The molecule has 0 aliphatic rings. The van der Waals surface area contributed by atoms with Crippen LogP contribution in [0.3, 0.4) is 0 Å². The molecule has 76 valence electrons.